The van der Waals surface area contributed by atoms with E-state index in [2.05, 4.69) is 20.1 Å². The highest BCUT2D eigenvalue weighted by Gasteiger charge is 2.29. The molecular formula is C19H25N5O4S2. The molecule has 1 aliphatic carbocycles. The average molecular weight is 452 g/mol. The van der Waals surface area contributed by atoms with Crippen molar-refractivity contribution < 1.29 is 17.9 Å². The van der Waals surface area contributed by atoms with Crippen molar-refractivity contribution in [2.75, 3.05) is 37.4 Å². The minimum absolute atomic E-state index is 0.171. The number of amides is 1. The molecule has 0 bridgehead atoms. The standard InChI is InChI=1S/C19H25N5O4S2/c1-13-3-4-15(11-17(13)30(26,27)23-7-9-28-10-8-23)20-18(25)12-29-19-22-21-14(2)24(19)16-5-6-16/h3-4,11,16H,5-10,12H2,1-2H3,(H,20,25). The molecule has 1 saturated heterocycles. The Balaban J connectivity index is 1.43. The summed E-state index contributed by atoms with van der Waals surface area (Å²) in [7, 11) is -3.64. The summed E-state index contributed by atoms with van der Waals surface area (Å²) in [5.74, 6) is 0.808. The van der Waals surface area contributed by atoms with Gasteiger partial charge >= 0.3 is 0 Å². The van der Waals surface area contributed by atoms with Gasteiger partial charge in [-0.15, -0.1) is 10.2 Å². The Kier molecular flexibility index (Phi) is 6.14. The highest BCUT2D eigenvalue weighted by molar-refractivity contribution is 7.99. The second-order valence-electron chi connectivity index (χ2n) is 7.46. The predicted octanol–water partition coefficient (Wildman–Crippen LogP) is 1.98. The van der Waals surface area contributed by atoms with E-state index in [1.165, 1.54) is 22.1 Å². The van der Waals surface area contributed by atoms with Crippen LogP contribution in [0.5, 0.6) is 0 Å². The number of carbonyl (C=O) groups is 1. The summed E-state index contributed by atoms with van der Waals surface area (Å²) >= 11 is 1.34. The van der Waals surface area contributed by atoms with Gasteiger partial charge in [-0.2, -0.15) is 4.31 Å². The zero-order chi connectivity index (χ0) is 21.3. The zero-order valence-corrected chi connectivity index (χ0v) is 18.6. The molecule has 2 heterocycles. The van der Waals surface area contributed by atoms with E-state index in [1.54, 1.807) is 19.1 Å². The number of morpholine rings is 1. The summed E-state index contributed by atoms with van der Waals surface area (Å²) in [5.41, 5.74) is 1.10. The third-order valence-corrected chi connectivity index (χ3v) is 8.12. The molecule has 1 N–H and O–H groups in total. The normalized spacial score (nSPS) is 17.8. The van der Waals surface area contributed by atoms with Crippen LogP contribution in [-0.4, -0.2) is 65.5 Å². The van der Waals surface area contributed by atoms with Gasteiger partial charge in [0.05, 0.1) is 23.9 Å². The number of carbonyl (C=O) groups excluding carboxylic acids is 1. The Bertz CT molecular complexity index is 1040. The summed E-state index contributed by atoms with van der Waals surface area (Å²) in [6.07, 6.45) is 2.23. The topological polar surface area (TPSA) is 106 Å². The summed E-state index contributed by atoms with van der Waals surface area (Å²) in [4.78, 5) is 12.7. The van der Waals surface area contributed by atoms with Crippen LogP contribution >= 0.6 is 11.8 Å². The quantitative estimate of drug-likeness (QED) is 0.642. The van der Waals surface area contributed by atoms with Gasteiger partial charge in [0.25, 0.3) is 0 Å². The Morgan fingerprint density at radius 2 is 1.97 bits per heavy atom. The number of hydrogen-bond donors (Lipinski definition) is 1. The van der Waals surface area contributed by atoms with Gasteiger partial charge < -0.3 is 14.6 Å². The lowest BCUT2D eigenvalue weighted by atomic mass is 10.2. The summed E-state index contributed by atoms with van der Waals surface area (Å²) < 4.78 is 34.8. The fourth-order valence-corrected chi connectivity index (χ4v) is 5.92. The summed E-state index contributed by atoms with van der Waals surface area (Å²) in [5, 5.41) is 11.8. The van der Waals surface area contributed by atoms with Gasteiger partial charge in [-0.05, 0) is 44.4 Å². The smallest absolute Gasteiger partial charge is 0.243 e. The largest absolute Gasteiger partial charge is 0.379 e. The minimum Gasteiger partial charge on any atom is -0.379 e. The van der Waals surface area contributed by atoms with E-state index in [-0.39, 0.29) is 16.6 Å². The van der Waals surface area contributed by atoms with Gasteiger partial charge in [0, 0.05) is 24.8 Å². The highest BCUT2D eigenvalue weighted by atomic mass is 32.2. The van der Waals surface area contributed by atoms with Crippen LogP contribution in [0.15, 0.2) is 28.3 Å². The molecule has 9 nitrogen and oxygen atoms in total. The first kappa shape index (κ1) is 21.3. The van der Waals surface area contributed by atoms with Crippen LogP contribution in [0.25, 0.3) is 0 Å². The maximum absolute atomic E-state index is 13.0. The predicted molar refractivity (Wildman–Crippen MR) is 113 cm³/mol. The number of aryl methyl sites for hydroxylation is 2. The van der Waals surface area contributed by atoms with Crippen LogP contribution in [0.4, 0.5) is 5.69 Å². The van der Waals surface area contributed by atoms with Gasteiger partial charge in [-0.3, -0.25) is 4.79 Å². The number of thioether (sulfide) groups is 1. The number of rotatable bonds is 7. The van der Waals surface area contributed by atoms with E-state index in [0.717, 1.165) is 23.8 Å². The summed E-state index contributed by atoms with van der Waals surface area (Å²) in [6.45, 7) is 5.10. The van der Waals surface area contributed by atoms with Crippen LogP contribution in [-0.2, 0) is 19.6 Å². The molecule has 0 atom stereocenters. The average Bonchev–Trinajstić information content (AvgIpc) is 3.50. The number of ether oxygens (including phenoxy) is 1. The number of sulfonamides is 1. The highest BCUT2D eigenvalue weighted by Crippen LogP contribution is 2.38. The Morgan fingerprint density at radius 1 is 1.23 bits per heavy atom. The lowest BCUT2D eigenvalue weighted by Crippen LogP contribution is -2.40. The second-order valence-corrected chi connectivity index (χ2v) is 10.3. The van der Waals surface area contributed by atoms with Gasteiger partial charge in [0.15, 0.2) is 5.16 Å². The van der Waals surface area contributed by atoms with E-state index in [0.29, 0.717) is 43.6 Å². The second kappa shape index (κ2) is 8.66. The number of nitrogens with zero attached hydrogens (tertiary/aromatic N) is 4. The van der Waals surface area contributed by atoms with E-state index in [1.807, 2.05) is 6.92 Å². The van der Waals surface area contributed by atoms with Crippen molar-refractivity contribution in [3.63, 3.8) is 0 Å². The lowest BCUT2D eigenvalue weighted by Gasteiger charge is -2.26. The Hall–Kier alpha value is -1.95. The SMILES string of the molecule is Cc1ccc(NC(=O)CSc2nnc(C)n2C2CC2)cc1S(=O)(=O)N1CCOCC1. The zero-order valence-electron chi connectivity index (χ0n) is 17.0. The van der Waals surface area contributed by atoms with Gasteiger partial charge in [0.2, 0.25) is 15.9 Å². The first-order valence-corrected chi connectivity index (χ1v) is 12.3. The molecular weight excluding hydrogens is 426 g/mol. The molecule has 1 aromatic heterocycles. The molecule has 11 heteroatoms. The van der Waals surface area contributed by atoms with Crippen LogP contribution < -0.4 is 5.32 Å². The molecule has 2 fully saturated rings. The van der Waals surface area contributed by atoms with Crippen molar-refractivity contribution in [2.45, 2.75) is 42.8 Å². The molecule has 0 spiro atoms. The number of anilines is 1. The van der Waals surface area contributed by atoms with Gasteiger partial charge in [0.1, 0.15) is 5.82 Å². The molecule has 1 saturated carbocycles. The van der Waals surface area contributed by atoms with Crippen molar-refractivity contribution in [3.05, 3.63) is 29.6 Å². The van der Waals surface area contributed by atoms with E-state index < -0.39 is 10.0 Å². The maximum atomic E-state index is 13.0. The van der Waals surface area contributed by atoms with Crippen LogP contribution in [0.1, 0.15) is 30.3 Å². The molecule has 1 amide bonds. The fraction of sp³-hybridized carbons (Fsp3) is 0.526. The monoisotopic (exact) mass is 451 g/mol. The maximum Gasteiger partial charge on any atom is 0.243 e. The molecule has 0 radical (unpaired) electrons. The van der Waals surface area contributed by atoms with Gasteiger partial charge in [-0.25, -0.2) is 8.42 Å². The van der Waals surface area contributed by atoms with Crippen molar-refractivity contribution in [1.82, 2.24) is 19.1 Å². The third-order valence-electron chi connectivity index (χ3n) is 5.14. The van der Waals surface area contributed by atoms with E-state index >= 15 is 0 Å². The van der Waals surface area contributed by atoms with E-state index in [4.69, 9.17) is 4.74 Å². The first-order valence-electron chi connectivity index (χ1n) is 9.89. The molecule has 30 heavy (non-hydrogen) atoms. The number of hydrogen-bond acceptors (Lipinski definition) is 7. The van der Waals surface area contributed by atoms with Crippen molar-refractivity contribution in [1.29, 1.82) is 0 Å². The minimum atomic E-state index is -3.64. The van der Waals surface area contributed by atoms with Crippen LogP contribution in [0, 0.1) is 13.8 Å². The van der Waals surface area contributed by atoms with Crippen molar-refractivity contribution in [3.8, 4) is 0 Å². The molecule has 2 aliphatic rings. The molecule has 1 aromatic carbocycles. The molecule has 162 valence electrons. The van der Waals surface area contributed by atoms with E-state index in [9.17, 15) is 13.2 Å². The number of nitrogens with one attached hydrogen (secondary N) is 1. The van der Waals surface area contributed by atoms with Crippen molar-refractivity contribution >= 4 is 33.4 Å². The molecule has 2 aromatic rings. The van der Waals surface area contributed by atoms with Gasteiger partial charge in [-0.1, -0.05) is 17.8 Å². The molecule has 1 aliphatic heterocycles. The first-order chi connectivity index (χ1) is 14.4. The fourth-order valence-electron chi connectivity index (χ4n) is 3.41. The summed E-state index contributed by atoms with van der Waals surface area (Å²) in [6, 6.07) is 5.39. The Labute approximate surface area is 180 Å². The molecule has 4 rings (SSSR count). The molecule has 0 unspecified atom stereocenters. The number of aromatic nitrogens is 3. The Morgan fingerprint density at radius 3 is 2.67 bits per heavy atom. The number of benzene rings is 1. The van der Waals surface area contributed by atoms with Crippen molar-refractivity contribution in [2.24, 2.45) is 0 Å². The van der Waals surface area contributed by atoms with Crippen LogP contribution in [0.3, 0.4) is 0 Å². The third kappa shape index (κ3) is 4.53. The van der Waals surface area contributed by atoms with Crippen LogP contribution in [0.2, 0.25) is 0 Å². The lowest BCUT2D eigenvalue weighted by molar-refractivity contribution is -0.113.